The lowest BCUT2D eigenvalue weighted by atomic mass is 9.87. The van der Waals surface area contributed by atoms with Crippen LogP contribution in [0.3, 0.4) is 0 Å². The summed E-state index contributed by atoms with van der Waals surface area (Å²) in [4.78, 5) is 0. The third-order valence-electron chi connectivity index (χ3n) is 2.47. The zero-order valence-electron chi connectivity index (χ0n) is 7.71. The molecular weight excluding hydrogens is 154 g/mol. The highest BCUT2D eigenvalue weighted by Gasteiger charge is 2.31. The van der Waals surface area contributed by atoms with Gasteiger partial charge in [0.15, 0.2) is 0 Å². The van der Waals surface area contributed by atoms with Crippen LogP contribution in [0.4, 0.5) is 0 Å². The van der Waals surface area contributed by atoms with Gasteiger partial charge in [-0.05, 0) is 32.3 Å². The van der Waals surface area contributed by atoms with Crippen LogP contribution >= 0.6 is 0 Å². The third kappa shape index (κ3) is 1.79. The van der Waals surface area contributed by atoms with E-state index in [1.807, 2.05) is 0 Å². The first-order chi connectivity index (χ1) is 5.55. The highest BCUT2D eigenvalue weighted by atomic mass is 16.5. The average molecular weight is 171 g/mol. The number of ether oxygens (including phenoxy) is 1. The zero-order chi connectivity index (χ0) is 9.19. The van der Waals surface area contributed by atoms with Crippen molar-refractivity contribution in [3.8, 4) is 0 Å². The maximum absolute atomic E-state index is 9.94. The van der Waals surface area contributed by atoms with Gasteiger partial charge in [0, 0.05) is 6.04 Å². The molecule has 0 bridgehead atoms. The Morgan fingerprint density at radius 2 is 2.42 bits per heavy atom. The fraction of sp³-hybridized carbons (Fsp3) is 0.778. The maximum Gasteiger partial charge on any atom is 0.101 e. The minimum absolute atomic E-state index is 0.259. The first-order valence-electron chi connectivity index (χ1n) is 4.34. The summed E-state index contributed by atoms with van der Waals surface area (Å²) in [6.45, 7) is 4.28. The number of hydrogen-bond donors (Lipinski definition) is 2. The van der Waals surface area contributed by atoms with Crippen LogP contribution in [0, 0.1) is 0 Å². The predicted octanol–water partition coefficient (Wildman–Crippen LogP) is 0.779. The summed E-state index contributed by atoms with van der Waals surface area (Å²) in [5, 5.41) is 9.94. The van der Waals surface area contributed by atoms with E-state index in [1.54, 1.807) is 20.1 Å². The fourth-order valence-corrected chi connectivity index (χ4v) is 1.23. The molecule has 0 radical (unpaired) electrons. The lowest BCUT2D eigenvalue weighted by Crippen LogP contribution is -2.45. The van der Waals surface area contributed by atoms with Crippen molar-refractivity contribution < 1.29 is 9.84 Å². The Bertz CT molecular complexity index is 185. The van der Waals surface area contributed by atoms with Gasteiger partial charge in [-0.2, -0.15) is 0 Å². The van der Waals surface area contributed by atoms with Crippen LogP contribution in [0.15, 0.2) is 11.8 Å². The number of rotatable bonds is 2. The van der Waals surface area contributed by atoms with Crippen LogP contribution in [0.1, 0.15) is 26.7 Å². The van der Waals surface area contributed by atoms with Crippen molar-refractivity contribution in [3.63, 3.8) is 0 Å². The Labute approximate surface area is 73.2 Å². The SMILES string of the molecule is CC(N)C(C)(O)C1=COCCC1. The second-order valence-electron chi connectivity index (χ2n) is 3.55. The molecule has 0 amide bonds. The lowest BCUT2D eigenvalue weighted by Gasteiger charge is -2.31. The molecule has 3 nitrogen and oxygen atoms in total. The Morgan fingerprint density at radius 1 is 1.75 bits per heavy atom. The first-order valence-corrected chi connectivity index (χ1v) is 4.34. The average Bonchev–Trinajstić information content (AvgIpc) is 2.06. The van der Waals surface area contributed by atoms with Gasteiger partial charge in [0.1, 0.15) is 5.60 Å². The van der Waals surface area contributed by atoms with Gasteiger partial charge in [-0.1, -0.05) is 0 Å². The van der Waals surface area contributed by atoms with E-state index in [4.69, 9.17) is 10.5 Å². The monoisotopic (exact) mass is 171 g/mol. The fourth-order valence-electron chi connectivity index (χ4n) is 1.23. The zero-order valence-corrected chi connectivity index (χ0v) is 7.71. The largest absolute Gasteiger partial charge is 0.501 e. The lowest BCUT2D eigenvalue weighted by molar-refractivity contribution is 0.0603. The van der Waals surface area contributed by atoms with Crippen molar-refractivity contribution >= 4 is 0 Å². The highest BCUT2D eigenvalue weighted by molar-refractivity contribution is 5.17. The second-order valence-corrected chi connectivity index (χ2v) is 3.55. The van der Waals surface area contributed by atoms with E-state index in [0.717, 1.165) is 25.0 Å². The second kappa shape index (κ2) is 3.46. The van der Waals surface area contributed by atoms with Gasteiger partial charge in [0.05, 0.1) is 12.9 Å². The van der Waals surface area contributed by atoms with Crippen LogP contribution < -0.4 is 5.73 Å². The first kappa shape index (κ1) is 9.55. The molecule has 2 unspecified atom stereocenters. The van der Waals surface area contributed by atoms with Gasteiger partial charge in [-0.15, -0.1) is 0 Å². The van der Waals surface area contributed by atoms with E-state index in [9.17, 15) is 5.11 Å². The Kier molecular flexibility index (Phi) is 2.75. The third-order valence-corrected chi connectivity index (χ3v) is 2.47. The predicted molar refractivity (Wildman–Crippen MR) is 47.5 cm³/mol. The molecule has 0 saturated carbocycles. The van der Waals surface area contributed by atoms with Crippen LogP contribution in [0.2, 0.25) is 0 Å². The summed E-state index contributed by atoms with van der Waals surface area (Å²) in [6.07, 6.45) is 3.50. The quantitative estimate of drug-likeness (QED) is 0.645. The van der Waals surface area contributed by atoms with Crippen LogP contribution in [-0.2, 0) is 4.74 Å². The summed E-state index contributed by atoms with van der Waals surface area (Å²) in [5.74, 6) is 0. The summed E-state index contributed by atoms with van der Waals surface area (Å²) < 4.78 is 5.14. The van der Waals surface area contributed by atoms with Gasteiger partial charge in [-0.3, -0.25) is 0 Å². The molecule has 3 N–H and O–H groups in total. The van der Waals surface area contributed by atoms with E-state index in [-0.39, 0.29) is 6.04 Å². The van der Waals surface area contributed by atoms with E-state index in [1.165, 1.54) is 0 Å². The molecule has 2 atom stereocenters. The van der Waals surface area contributed by atoms with Crippen molar-refractivity contribution in [1.29, 1.82) is 0 Å². The van der Waals surface area contributed by atoms with Gasteiger partial charge in [0.25, 0.3) is 0 Å². The molecule has 70 valence electrons. The topological polar surface area (TPSA) is 55.5 Å². The minimum atomic E-state index is -0.916. The smallest absolute Gasteiger partial charge is 0.101 e. The highest BCUT2D eigenvalue weighted by Crippen LogP contribution is 2.26. The molecule has 0 aliphatic carbocycles. The van der Waals surface area contributed by atoms with Gasteiger partial charge in [-0.25, -0.2) is 0 Å². The van der Waals surface area contributed by atoms with Crippen molar-refractivity contribution in [3.05, 3.63) is 11.8 Å². The van der Waals surface area contributed by atoms with Crippen LogP contribution in [0.5, 0.6) is 0 Å². The van der Waals surface area contributed by atoms with E-state index in [2.05, 4.69) is 0 Å². The standard InChI is InChI=1S/C9H17NO2/c1-7(10)9(2,11)8-4-3-5-12-6-8/h6-7,11H,3-5,10H2,1-2H3. The summed E-state index contributed by atoms with van der Waals surface area (Å²) in [5.41, 5.74) is 5.64. The molecular formula is C9H17NO2. The Hall–Kier alpha value is -0.540. The molecule has 1 heterocycles. The van der Waals surface area contributed by atoms with E-state index in [0.29, 0.717) is 0 Å². The maximum atomic E-state index is 9.94. The molecule has 0 aromatic carbocycles. The van der Waals surface area contributed by atoms with Gasteiger partial charge >= 0.3 is 0 Å². The van der Waals surface area contributed by atoms with Crippen molar-refractivity contribution in [2.24, 2.45) is 5.73 Å². The molecule has 0 aromatic rings. The summed E-state index contributed by atoms with van der Waals surface area (Å²) >= 11 is 0. The summed E-state index contributed by atoms with van der Waals surface area (Å²) in [7, 11) is 0. The molecule has 0 spiro atoms. The van der Waals surface area contributed by atoms with Crippen molar-refractivity contribution in [1.82, 2.24) is 0 Å². The molecule has 1 aliphatic rings. The van der Waals surface area contributed by atoms with Gasteiger partial charge < -0.3 is 15.6 Å². The molecule has 3 heteroatoms. The van der Waals surface area contributed by atoms with Crippen LogP contribution in [-0.4, -0.2) is 23.4 Å². The number of nitrogens with two attached hydrogens (primary N) is 1. The normalized spacial score (nSPS) is 25.2. The number of hydrogen-bond acceptors (Lipinski definition) is 3. The van der Waals surface area contributed by atoms with Gasteiger partial charge in [0.2, 0.25) is 0 Å². The molecule has 0 aromatic heterocycles. The van der Waals surface area contributed by atoms with E-state index < -0.39 is 5.60 Å². The Balaban J connectivity index is 2.72. The number of aliphatic hydroxyl groups is 1. The minimum Gasteiger partial charge on any atom is -0.501 e. The van der Waals surface area contributed by atoms with Crippen molar-refractivity contribution in [2.45, 2.75) is 38.3 Å². The Morgan fingerprint density at radius 3 is 2.83 bits per heavy atom. The molecule has 1 rings (SSSR count). The van der Waals surface area contributed by atoms with Crippen LogP contribution in [0.25, 0.3) is 0 Å². The summed E-state index contributed by atoms with van der Waals surface area (Å²) in [6, 6.07) is -0.259. The molecule has 0 saturated heterocycles. The van der Waals surface area contributed by atoms with E-state index >= 15 is 0 Å². The van der Waals surface area contributed by atoms with Crippen molar-refractivity contribution in [2.75, 3.05) is 6.61 Å². The molecule has 0 fully saturated rings. The molecule has 1 aliphatic heterocycles. The molecule has 12 heavy (non-hydrogen) atoms.